The van der Waals surface area contributed by atoms with Gasteiger partial charge < -0.3 is 9.15 Å². The number of aryl methyl sites for hydroxylation is 1. The van der Waals surface area contributed by atoms with Gasteiger partial charge in [-0.25, -0.2) is 9.78 Å². The molecule has 2 aromatic carbocycles. The molecule has 3 heterocycles. The van der Waals surface area contributed by atoms with Crippen molar-refractivity contribution in [1.29, 1.82) is 0 Å². The van der Waals surface area contributed by atoms with Crippen LogP contribution in [-0.4, -0.2) is 47.3 Å². The highest BCUT2D eigenvalue weighted by atomic mass is 32.2. The zero-order valence-corrected chi connectivity index (χ0v) is 22.5. The van der Waals surface area contributed by atoms with E-state index in [-0.39, 0.29) is 11.2 Å². The number of fused-ring (bicyclic) bond motifs is 2. The Balaban J connectivity index is 1.47. The van der Waals surface area contributed by atoms with Crippen LogP contribution in [0.1, 0.15) is 42.9 Å². The Kier molecular flexibility index (Phi) is 7.79. The van der Waals surface area contributed by atoms with E-state index < -0.39 is 0 Å². The third kappa shape index (κ3) is 5.66. The van der Waals surface area contributed by atoms with Crippen LogP contribution in [0.15, 0.2) is 61.6 Å². The summed E-state index contributed by atoms with van der Waals surface area (Å²) in [6.45, 7) is 11.2. The molecule has 0 aliphatic carbocycles. The molecule has 2 aromatic heterocycles. The zero-order valence-electron chi connectivity index (χ0n) is 21.7. The summed E-state index contributed by atoms with van der Waals surface area (Å²) in [5, 5.41) is 2.23. The highest BCUT2D eigenvalue weighted by Gasteiger charge is 2.16. The van der Waals surface area contributed by atoms with Crippen LogP contribution in [0.3, 0.4) is 0 Å². The Morgan fingerprint density at radius 3 is 2.59 bits per heavy atom. The largest absolute Gasteiger partial charge is 0.423 e. The topological polar surface area (TPSA) is 77.6 Å². The molecule has 0 N–H and O–H groups in total. The molecule has 0 atom stereocenters. The summed E-state index contributed by atoms with van der Waals surface area (Å²) in [5.41, 5.74) is 4.13. The summed E-state index contributed by atoms with van der Waals surface area (Å²) in [4.78, 5) is 33.1. The van der Waals surface area contributed by atoms with E-state index in [1.165, 1.54) is 17.3 Å². The summed E-state index contributed by atoms with van der Waals surface area (Å²) >= 11 is 1.49. The minimum atomic E-state index is -0.367. The number of hydrogen-bond donors (Lipinski definition) is 0. The fourth-order valence-electron chi connectivity index (χ4n) is 5.01. The molecule has 0 unspecified atom stereocenters. The summed E-state index contributed by atoms with van der Waals surface area (Å²) in [5.74, 6) is 0.868. The highest BCUT2D eigenvalue weighted by Crippen LogP contribution is 2.30. The van der Waals surface area contributed by atoms with E-state index in [9.17, 15) is 9.59 Å². The molecular formula is C29H33N3O4S. The summed E-state index contributed by atoms with van der Waals surface area (Å²) < 4.78 is 12.8. The van der Waals surface area contributed by atoms with Crippen molar-refractivity contribution in [3.05, 3.63) is 79.9 Å². The third-order valence-corrected chi connectivity index (χ3v) is 8.01. The zero-order chi connectivity index (χ0) is 25.9. The van der Waals surface area contributed by atoms with Gasteiger partial charge in [0.2, 0.25) is 0 Å². The Hall–Kier alpha value is -2.94. The number of ether oxygens (including phenoxy) is 1. The summed E-state index contributed by atoms with van der Waals surface area (Å²) in [7, 11) is 0. The molecule has 0 bridgehead atoms. The molecule has 1 aliphatic heterocycles. The first-order valence-electron chi connectivity index (χ1n) is 12.9. The van der Waals surface area contributed by atoms with Gasteiger partial charge in [-0.05, 0) is 60.2 Å². The minimum absolute atomic E-state index is 0.0229. The van der Waals surface area contributed by atoms with Crippen molar-refractivity contribution in [3.63, 3.8) is 0 Å². The maximum atomic E-state index is 13.5. The van der Waals surface area contributed by atoms with Crippen molar-refractivity contribution in [2.45, 2.75) is 50.6 Å². The molecule has 0 amide bonds. The van der Waals surface area contributed by atoms with Crippen LogP contribution in [0.2, 0.25) is 0 Å². The monoisotopic (exact) mass is 519 g/mol. The Morgan fingerprint density at radius 1 is 1.03 bits per heavy atom. The number of thioether (sulfide) groups is 1. The van der Waals surface area contributed by atoms with E-state index in [1.54, 1.807) is 10.6 Å². The van der Waals surface area contributed by atoms with Crippen molar-refractivity contribution < 1.29 is 9.15 Å². The first-order chi connectivity index (χ1) is 17.9. The van der Waals surface area contributed by atoms with Crippen LogP contribution in [0.5, 0.6) is 0 Å². The molecule has 8 heteroatoms. The standard InChI is InChI=1S/C29H33N3O4S/c1-19(2)23-17-24-21(16-27(33)36-26(24)15-20(23)3)18-37-29-30-25-8-5-4-7-22(25)28(34)32(29)10-6-9-31-11-13-35-14-12-31/h4-5,7-8,15-17,19H,6,9-14,18H2,1-3H3. The highest BCUT2D eigenvalue weighted by molar-refractivity contribution is 7.98. The fourth-order valence-corrected chi connectivity index (χ4v) is 6.02. The van der Waals surface area contributed by atoms with Gasteiger partial charge in [0.25, 0.3) is 5.56 Å². The van der Waals surface area contributed by atoms with Crippen LogP contribution < -0.4 is 11.2 Å². The number of para-hydroxylation sites is 1. The van der Waals surface area contributed by atoms with Gasteiger partial charge in [-0.1, -0.05) is 37.7 Å². The van der Waals surface area contributed by atoms with E-state index in [4.69, 9.17) is 14.1 Å². The molecule has 194 valence electrons. The lowest BCUT2D eigenvalue weighted by Gasteiger charge is -2.26. The van der Waals surface area contributed by atoms with Crippen molar-refractivity contribution in [3.8, 4) is 0 Å². The average molecular weight is 520 g/mol. The smallest absolute Gasteiger partial charge is 0.336 e. The Morgan fingerprint density at radius 2 is 1.81 bits per heavy atom. The number of benzene rings is 2. The van der Waals surface area contributed by atoms with Crippen molar-refractivity contribution >= 4 is 33.6 Å². The number of morpholine rings is 1. The number of hydrogen-bond acceptors (Lipinski definition) is 7. The van der Waals surface area contributed by atoms with Crippen LogP contribution >= 0.6 is 11.8 Å². The number of rotatable bonds is 8. The Bertz CT molecular complexity index is 1540. The SMILES string of the molecule is Cc1cc2oc(=O)cc(CSc3nc4ccccc4c(=O)n3CCCN3CCOCC3)c2cc1C(C)C. The van der Waals surface area contributed by atoms with Gasteiger partial charge in [0.05, 0.1) is 24.1 Å². The predicted molar refractivity (Wildman–Crippen MR) is 149 cm³/mol. The second-order valence-electron chi connectivity index (χ2n) is 9.91. The quantitative estimate of drug-likeness (QED) is 0.185. The lowest BCUT2D eigenvalue weighted by atomic mass is 9.95. The van der Waals surface area contributed by atoms with Crippen molar-refractivity contribution in [1.82, 2.24) is 14.5 Å². The predicted octanol–water partition coefficient (Wildman–Crippen LogP) is 4.95. The number of aromatic nitrogens is 2. The average Bonchev–Trinajstić information content (AvgIpc) is 2.88. The van der Waals surface area contributed by atoms with Gasteiger partial charge in [0, 0.05) is 43.4 Å². The van der Waals surface area contributed by atoms with Gasteiger partial charge in [-0.15, -0.1) is 0 Å². The molecule has 7 nitrogen and oxygen atoms in total. The van der Waals surface area contributed by atoms with E-state index in [0.717, 1.165) is 55.8 Å². The lowest BCUT2D eigenvalue weighted by Crippen LogP contribution is -2.37. The maximum Gasteiger partial charge on any atom is 0.336 e. The molecule has 0 radical (unpaired) electrons. The normalized spacial score (nSPS) is 14.7. The molecule has 4 aromatic rings. The van der Waals surface area contributed by atoms with Crippen molar-refractivity contribution in [2.75, 3.05) is 32.8 Å². The summed E-state index contributed by atoms with van der Waals surface area (Å²) in [6.07, 6.45) is 0.850. The van der Waals surface area contributed by atoms with Gasteiger partial charge in [0.1, 0.15) is 5.58 Å². The first kappa shape index (κ1) is 25.7. The van der Waals surface area contributed by atoms with Crippen LogP contribution in [0.25, 0.3) is 21.9 Å². The molecule has 0 saturated carbocycles. The van der Waals surface area contributed by atoms with E-state index in [1.807, 2.05) is 37.3 Å². The lowest BCUT2D eigenvalue weighted by molar-refractivity contribution is 0.0368. The van der Waals surface area contributed by atoms with Gasteiger partial charge in [-0.2, -0.15) is 0 Å². The van der Waals surface area contributed by atoms with Crippen LogP contribution in [0, 0.1) is 6.92 Å². The minimum Gasteiger partial charge on any atom is -0.423 e. The molecule has 1 saturated heterocycles. The van der Waals surface area contributed by atoms with Gasteiger partial charge in [-0.3, -0.25) is 14.3 Å². The van der Waals surface area contributed by atoms with E-state index in [0.29, 0.717) is 39.9 Å². The van der Waals surface area contributed by atoms with Crippen molar-refractivity contribution in [2.24, 2.45) is 0 Å². The molecular weight excluding hydrogens is 486 g/mol. The maximum absolute atomic E-state index is 13.5. The van der Waals surface area contributed by atoms with Crippen LogP contribution in [-0.2, 0) is 17.0 Å². The molecule has 5 rings (SSSR count). The first-order valence-corrected chi connectivity index (χ1v) is 13.9. The van der Waals surface area contributed by atoms with E-state index >= 15 is 0 Å². The van der Waals surface area contributed by atoms with E-state index in [2.05, 4.69) is 24.8 Å². The Labute approximate surface area is 220 Å². The molecule has 0 spiro atoms. The van der Waals surface area contributed by atoms with Crippen LogP contribution in [0.4, 0.5) is 0 Å². The molecule has 1 fully saturated rings. The second-order valence-corrected chi connectivity index (χ2v) is 10.9. The third-order valence-electron chi connectivity index (χ3n) is 6.98. The number of nitrogens with zero attached hydrogens (tertiary/aromatic N) is 3. The fraction of sp³-hybridized carbons (Fsp3) is 0.414. The second kappa shape index (κ2) is 11.2. The molecule has 1 aliphatic rings. The van der Waals surface area contributed by atoms with Gasteiger partial charge >= 0.3 is 5.63 Å². The summed E-state index contributed by atoms with van der Waals surface area (Å²) in [6, 6.07) is 13.1. The molecule has 37 heavy (non-hydrogen) atoms. The van der Waals surface area contributed by atoms with Gasteiger partial charge in [0.15, 0.2) is 5.16 Å².